The average Bonchev–Trinajstić information content (AvgIpc) is 1.92. The third-order valence-corrected chi connectivity index (χ3v) is 3.28. The van der Waals surface area contributed by atoms with E-state index in [1.165, 1.54) is 25.2 Å². The topological polar surface area (TPSA) is 23.1 Å². The van der Waals surface area contributed by atoms with E-state index < -0.39 is 20.0 Å². The van der Waals surface area contributed by atoms with Crippen LogP contribution in [0.25, 0.3) is 0 Å². The van der Waals surface area contributed by atoms with E-state index in [0.29, 0.717) is 0 Å². The van der Waals surface area contributed by atoms with E-state index in [4.69, 9.17) is 0 Å². The van der Waals surface area contributed by atoms with Gasteiger partial charge in [-0.3, -0.25) is 0 Å². The largest absolute Gasteiger partial charge is 2.00 e. The van der Waals surface area contributed by atoms with E-state index in [1.807, 2.05) is 0 Å². The molecule has 0 aliphatic rings. The van der Waals surface area contributed by atoms with Crippen molar-refractivity contribution in [1.29, 1.82) is 0 Å². The number of hydrogen-bond donors (Lipinski definition) is 0. The third kappa shape index (κ3) is 3.94. The van der Waals surface area contributed by atoms with Crippen LogP contribution in [0.1, 0.15) is 0 Å². The quantitative estimate of drug-likeness (QED) is 0.519. The van der Waals surface area contributed by atoms with Crippen LogP contribution in [0.2, 0.25) is 13.1 Å². The minimum atomic E-state index is -2.97. The van der Waals surface area contributed by atoms with Crippen molar-refractivity contribution in [3.8, 4) is 0 Å². The summed E-state index contributed by atoms with van der Waals surface area (Å²) in [5, 5.41) is 0.00231. The molecule has 0 heterocycles. The van der Waals surface area contributed by atoms with Gasteiger partial charge >= 0.3 is 23.1 Å². The minimum absolute atomic E-state index is 0. The summed E-state index contributed by atoms with van der Waals surface area (Å²) >= 11 is 0. The van der Waals surface area contributed by atoms with Crippen LogP contribution >= 0.6 is 0 Å². The number of rotatable bonds is 1. The second kappa shape index (κ2) is 6.17. The zero-order valence-corrected chi connectivity index (χ0v) is 12.0. The Hall–Kier alpha value is 0.503. The smallest absolute Gasteiger partial charge is 1.00 e. The molecule has 0 aliphatic carbocycles. The number of halogens is 3. The van der Waals surface area contributed by atoms with Gasteiger partial charge in [0, 0.05) is 0 Å². The fourth-order valence-corrected chi connectivity index (χ4v) is 2.11. The Morgan fingerprint density at radius 2 is 1.71 bits per heavy atom. The SMILES string of the molecule is C[Si](C)([O-])c1cccc(F)c1F.[Br-].[Mg+2]. The van der Waals surface area contributed by atoms with Gasteiger partial charge in [-0.05, 0) is 19.6 Å². The van der Waals surface area contributed by atoms with E-state index in [0.717, 1.165) is 6.07 Å². The van der Waals surface area contributed by atoms with Gasteiger partial charge < -0.3 is 21.8 Å². The first-order valence-electron chi connectivity index (χ1n) is 3.58. The van der Waals surface area contributed by atoms with Crippen molar-refractivity contribution in [3.05, 3.63) is 29.8 Å². The molecule has 0 fully saturated rings. The maximum Gasteiger partial charge on any atom is 2.00 e. The van der Waals surface area contributed by atoms with Crippen molar-refractivity contribution >= 4 is 36.6 Å². The van der Waals surface area contributed by atoms with E-state index >= 15 is 0 Å². The first-order chi connectivity index (χ1) is 5.43. The molecule has 0 bridgehead atoms. The van der Waals surface area contributed by atoms with Crippen LogP contribution in [0.4, 0.5) is 8.78 Å². The first-order valence-corrected chi connectivity index (χ1v) is 6.48. The molecular weight excluding hydrogens is 282 g/mol. The second-order valence-corrected chi connectivity index (χ2v) is 6.67. The monoisotopic (exact) mass is 290 g/mol. The van der Waals surface area contributed by atoms with Gasteiger partial charge in [-0.1, -0.05) is 25.2 Å². The standard InChI is InChI=1S/C8H9F2OSi.BrH.Mg/c1-12(2,11)7-5-3-4-6(9)8(7)10;;/h3-5H,1-2H3;1H;/q-1;;+2/p-1. The van der Waals surface area contributed by atoms with Crippen molar-refractivity contribution < 1.29 is 30.6 Å². The van der Waals surface area contributed by atoms with Gasteiger partial charge in [0.05, 0.1) is 0 Å². The van der Waals surface area contributed by atoms with E-state index in [-0.39, 0.29) is 45.2 Å². The van der Waals surface area contributed by atoms with Crippen molar-refractivity contribution in [2.24, 2.45) is 0 Å². The maximum absolute atomic E-state index is 13.0. The minimum Gasteiger partial charge on any atom is -1.00 e. The molecule has 1 aromatic rings. The van der Waals surface area contributed by atoms with Crippen LogP contribution in [-0.2, 0) is 0 Å². The van der Waals surface area contributed by atoms with Gasteiger partial charge in [0.1, 0.15) is 0 Å². The fourth-order valence-electron chi connectivity index (χ4n) is 0.969. The molecule has 0 aromatic heterocycles. The molecule has 14 heavy (non-hydrogen) atoms. The van der Waals surface area contributed by atoms with Gasteiger partial charge in [-0.25, -0.2) is 8.78 Å². The Morgan fingerprint density at radius 1 is 1.21 bits per heavy atom. The summed E-state index contributed by atoms with van der Waals surface area (Å²) in [6.45, 7) is 2.87. The van der Waals surface area contributed by atoms with Crippen LogP contribution in [-0.4, -0.2) is 31.4 Å². The summed E-state index contributed by atoms with van der Waals surface area (Å²) in [5.41, 5.74) is 0. The van der Waals surface area contributed by atoms with E-state index in [9.17, 15) is 13.6 Å². The second-order valence-electron chi connectivity index (χ2n) is 3.11. The molecule has 0 atom stereocenters. The maximum atomic E-state index is 13.0. The van der Waals surface area contributed by atoms with Crippen molar-refractivity contribution in [2.45, 2.75) is 13.1 Å². The van der Waals surface area contributed by atoms with Gasteiger partial charge in [-0.2, -0.15) is 0 Å². The zero-order valence-electron chi connectivity index (χ0n) is 7.98. The summed E-state index contributed by atoms with van der Waals surface area (Å²) in [5.74, 6) is -1.92. The van der Waals surface area contributed by atoms with Crippen LogP contribution in [0, 0.1) is 11.6 Å². The normalized spacial score (nSPS) is 10.1. The molecule has 0 unspecified atom stereocenters. The number of hydrogen-bond acceptors (Lipinski definition) is 1. The Morgan fingerprint density at radius 3 is 2.07 bits per heavy atom. The predicted molar refractivity (Wildman–Crippen MR) is 49.2 cm³/mol. The first kappa shape index (κ1) is 16.9. The molecule has 1 rings (SSSR count). The molecule has 1 nitrogen and oxygen atoms in total. The fraction of sp³-hybridized carbons (Fsp3) is 0.250. The van der Waals surface area contributed by atoms with Gasteiger partial charge in [0.15, 0.2) is 11.6 Å². The molecule has 74 valence electrons. The zero-order chi connectivity index (χ0) is 9.35. The summed E-state index contributed by atoms with van der Waals surface area (Å²) in [7, 11) is -2.97. The van der Waals surface area contributed by atoms with Crippen molar-refractivity contribution in [3.63, 3.8) is 0 Å². The molecule has 6 heteroatoms. The van der Waals surface area contributed by atoms with E-state index in [1.54, 1.807) is 0 Å². The van der Waals surface area contributed by atoms with E-state index in [2.05, 4.69) is 0 Å². The molecule has 0 amide bonds. The van der Waals surface area contributed by atoms with Gasteiger partial charge in [0.25, 0.3) is 0 Å². The molecule has 0 radical (unpaired) electrons. The summed E-state index contributed by atoms with van der Waals surface area (Å²) < 4.78 is 25.6. The molecule has 0 spiro atoms. The molecule has 0 saturated carbocycles. The summed E-state index contributed by atoms with van der Waals surface area (Å²) in [6, 6.07) is 3.73. The van der Waals surface area contributed by atoms with Crippen molar-refractivity contribution in [1.82, 2.24) is 0 Å². The Labute approximate surface area is 110 Å². The molecule has 0 aliphatic heterocycles. The van der Waals surface area contributed by atoms with Crippen LogP contribution in [0.3, 0.4) is 0 Å². The summed E-state index contributed by atoms with van der Waals surface area (Å²) in [4.78, 5) is 11.4. The summed E-state index contributed by atoms with van der Waals surface area (Å²) in [6.07, 6.45) is 0. The Kier molecular flexibility index (Phi) is 7.45. The molecule has 0 N–H and O–H groups in total. The van der Waals surface area contributed by atoms with Crippen LogP contribution < -0.4 is 27.0 Å². The predicted octanol–water partition coefficient (Wildman–Crippen LogP) is -2.64. The average molecular weight is 291 g/mol. The Bertz CT molecular complexity index is 304. The van der Waals surface area contributed by atoms with Crippen molar-refractivity contribution in [2.75, 3.05) is 0 Å². The van der Waals surface area contributed by atoms with Crippen LogP contribution in [0.15, 0.2) is 18.2 Å². The van der Waals surface area contributed by atoms with Crippen LogP contribution in [0.5, 0.6) is 0 Å². The molecule has 1 aromatic carbocycles. The third-order valence-electron chi connectivity index (χ3n) is 1.60. The Balaban J connectivity index is 0. The molecular formula is C8H9BrF2MgOSi. The van der Waals surface area contributed by atoms with Gasteiger partial charge in [-0.15, -0.1) is 0 Å². The number of benzene rings is 1. The molecule has 0 saturated heterocycles. The van der Waals surface area contributed by atoms with Gasteiger partial charge in [0.2, 0.25) is 0 Å².